The Morgan fingerprint density at radius 3 is 2.90 bits per heavy atom. The molecule has 2 aromatic rings. The second-order valence-corrected chi connectivity index (χ2v) is 8.65. The van der Waals surface area contributed by atoms with Gasteiger partial charge < -0.3 is 19.7 Å². The predicted octanol–water partition coefficient (Wildman–Crippen LogP) is 2.02. The van der Waals surface area contributed by atoms with Gasteiger partial charge in [-0.25, -0.2) is 4.39 Å². The van der Waals surface area contributed by atoms with Crippen molar-refractivity contribution in [3.63, 3.8) is 0 Å². The average Bonchev–Trinajstić information content (AvgIpc) is 3.42. The number of aromatic nitrogens is 3. The van der Waals surface area contributed by atoms with Crippen molar-refractivity contribution in [3.05, 3.63) is 30.1 Å². The van der Waals surface area contributed by atoms with E-state index in [1.54, 1.807) is 6.07 Å². The second kappa shape index (κ2) is 9.76. The van der Waals surface area contributed by atoms with Crippen LogP contribution in [0.1, 0.15) is 19.8 Å². The molecule has 1 amide bonds. The molecule has 3 heterocycles. The number of thioether (sulfide) groups is 1. The van der Waals surface area contributed by atoms with E-state index in [0.717, 1.165) is 19.4 Å². The molecule has 1 N–H and O–H groups in total. The standard InChI is InChI=1S/C20H26FN5O3S/c1-14(18(27)22-13-17-6-3-9-29-17)30-20-24-23-19(25-7-10-28-11-8-25)26(20)16-5-2-4-15(21)12-16/h2,4-5,12,14,17H,3,6-11,13H2,1H3,(H,22,27)/t14-,17+/m0/s1. The molecule has 10 heteroatoms. The number of morpholine rings is 1. The first-order valence-electron chi connectivity index (χ1n) is 10.2. The van der Waals surface area contributed by atoms with Gasteiger partial charge in [0, 0.05) is 26.2 Å². The molecule has 2 fully saturated rings. The number of nitrogens with one attached hydrogen (secondary N) is 1. The first-order chi connectivity index (χ1) is 14.6. The SMILES string of the molecule is C[C@H](Sc1nnc(N2CCOCC2)n1-c1cccc(F)c1)C(=O)NC[C@H]1CCCO1. The van der Waals surface area contributed by atoms with Crippen LogP contribution in [-0.2, 0) is 14.3 Å². The molecule has 0 spiro atoms. The Hall–Kier alpha value is -2.17. The van der Waals surface area contributed by atoms with Gasteiger partial charge in [0.25, 0.3) is 0 Å². The van der Waals surface area contributed by atoms with E-state index >= 15 is 0 Å². The molecule has 2 aliphatic rings. The summed E-state index contributed by atoms with van der Waals surface area (Å²) in [5.74, 6) is 0.197. The number of anilines is 1. The molecule has 4 rings (SSSR count). The molecule has 0 aliphatic carbocycles. The minimum absolute atomic E-state index is 0.0859. The van der Waals surface area contributed by atoms with Gasteiger partial charge >= 0.3 is 0 Å². The number of benzene rings is 1. The Labute approximate surface area is 179 Å². The van der Waals surface area contributed by atoms with Crippen LogP contribution in [0.25, 0.3) is 5.69 Å². The molecule has 0 saturated carbocycles. The van der Waals surface area contributed by atoms with Crippen LogP contribution in [0.5, 0.6) is 0 Å². The molecule has 1 aromatic carbocycles. The molecule has 162 valence electrons. The van der Waals surface area contributed by atoms with Crippen LogP contribution in [0.4, 0.5) is 10.3 Å². The van der Waals surface area contributed by atoms with E-state index in [0.29, 0.717) is 49.6 Å². The minimum Gasteiger partial charge on any atom is -0.378 e. The number of carbonyl (C=O) groups is 1. The summed E-state index contributed by atoms with van der Waals surface area (Å²) in [4.78, 5) is 14.6. The van der Waals surface area contributed by atoms with Crippen molar-refractivity contribution in [2.45, 2.75) is 36.3 Å². The highest BCUT2D eigenvalue weighted by atomic mass is 32.2. The van der Waals surface area contributed by atoms with E-state index in [2.05, 4.69) is 20.4 Å². The first-order valence-corrected chi connectivity index (χ1v) is 11.1. The van der Waals surface area contributed by atoms with Crippen LogP contribution < -0.4 is 10.2 Å². The van der Waals surface area contributed by atoms with Crippen LogP contribution in [-0.4, -0.2) is 71.5 Å². The monoisotopic (exact) mass is 435 g/mol. The first kappa shape index (κ1) is 21.1. The summed E-state index contributed by atoms with van der Waals surface area (Å²) in [6.07, 6.45) is 2.10. The fourth-order valence-electron chi connectivity index (χ4n) is 3.52. The van der Waals surface area contributed by atoms with Crippen molar-refractivity contribution >= 4 is 23.6 Å². The van der Waals surface area contributed by atoms with Crippen LogP contribution in [0, 0.1) is 5.82 Å². The molecule has 0 unspecified atom stereocenters. The summed E-state index contributed by atoms with van der Waals surface area (Å²) < 4.78 is 26.7. The largest absolute Gasteiger partial charge is 0.378 e. The van der Waals surface area contributed by atoms with E-state index in [9.17, 15) is 9.18 Å². The van der Waals surface area contributed by atoms with Crippen LogP contribution >= 0.6 is 11.8 Å². The van der Waals surface area contributed by atoms with Gasteiger partial charge in [-0.15, -0.1) is 10.2 Å². The Morgan fingerprint density at radius 1 is 1.33 bits per heavy atom. The lowest BCUT2D eigenvalue weighted by Crippen LogP contribution is -2.38. The number of hydrogen-bond acceptors (Lipinski definition) is 7. The molecule has 0 bridgehead atoms. The van der Waals surface area contributed by atoms with Crippen molar-refractivity contribution in [2.24, 2.45) is 0 Å². The van der Waals surface area contributed by atoms with Crippen molar-refractivity contribution in [1.29, 1.82) is 0 Å². The summed E-state index contributed by atoms with van der Waals surface area (Å²) in [5.41, 5.74) is 0.621. The fourth-order valence-corrected chi connectivity index (χ4v) is 4.41. The van der Waals surface area contributed by atoms with Gasteiger partial charge in [-0.2, -0.15) is 0 Å². The average molecular weight is 436 g/mol. The molecule has 30 heavy (non-hydrogen) atoms. The van der Waals surface area contributed by atoms with Crippen molar-refractivity contribution in [2.75, 3.05) is 44.4 Å². The topological polar surface area (TPSA) is 81.5 Å². The Kier molecular flexibility index (Phi) is 6.86. The lowest BCUT2D eigenvalue weighted by Gasteiger charge is -2.28. The number of amides is 1. The summed E-state index contributed by atoms with van der Waals surface area (Å²) >= 11 is 1.30. The number of ether oxygens (including phenoxy) is 2. The van der Waals surface area contributed by atoms with E-state index < -0.39 is 0 Å². The van der Waals surface area contributed by atoms with Gasteiger partial charge in [-0.3, -0.25) is 9.36 Å². The maximum Gasteiger partial charge on any atom is 0.233 e. The fraction of sp³-hybridized carbons (Fsp3) is 0.550. The predicted molar refractivity (Wildman–Crippen MR) is 112 cm³/mol. The van der Waals surface area contributed by atoms with Gasteiger partial charge in [-0.05, 0) is 38.0 Å². The summed E-state index contributed by atoms with van der Waals surface area (Å²) in [7, 11) is 0. The van der Waals surface area contributed by atoms with Crippen LogP contribution in [0.2, 0.25) is 0 Å². The zero-order chi connectivity index (χ0) is 20.9. The molecule has 2 saturated heterocycles. The zero-order valence-electron chi connectivity index (χ0n) is 16.9. The third-order valence-electron chi connectivity index (χ3n) is 5.16. The van der Waals surface area contributed by atoms with Gasteiger partial charge in [0.05, 0.1) is 30.3 Å². The molecule has 2 atom stereocenters. The molecular weight excluding hydrogens is 409 g/mol. The number of halogens is 1. The van der Waals surface area contributed by atoms with Gasteiger partial charge in [-0.1, -0.05) is 17.8 Å². The highest BCUT2D eigenvalue weighted by molar-refractivity contribution is 8.00. The highest BCUT2D eigenvalue weighted by Gasteiger charge is 2.25. The second-order valence-electron chi connectivity index (χ2n) is 7.34. The smallest absolute Gasteiger partial charge is 0.233 e. The van der Waals surface area contributed by atoms with Crippen molar-refractivity contribution < 1.29 is 18.7 Å². The van der Waals surface area contributed by atoms with Gasteiger partial charge in [0.2, 0.25) is 11.9 Å². The Morgan fingerprint density at radius 2 is 2.17 bits per heavy atom. The minimum atomic E-state index is -0.388. The summed E-state index contributed by atoms with van der Waals surface area (Å²) in [5, 5.41) is 11.8. The Bertz CT molecular complexity index is 868. The molecule has 0 radical (unpaired) electrons. The van der Waals surface area contributed by atoms with E-state index in [1.165, 1.54) is 23.9 Å². The van der Waals surface area contributed by atoms with Crippen molar-refractivity contribution in [1.82, 2.24) is 20.1 Å². The molecular formula is C20H26FN5O3S. The van der Waals surface area contributed by atoms with E-state index in [1.807, 2.05) is 17.6 Å². The maximum absolute atomic E-state index is 13.9. The van der Waals surface area contributed by atoms with Crippen LogP contribution in [0.3, 0.4) is 0 Å². The summed E-state index contributed by atoms with van der Waals surface area (Å²) in [6, 6.07) is 6.30. The number of nitrogens with zero attached hydrogens (tertiary/aromatic N) is 4. The number of carbonyl (C=O) groups excluding carboxylic acids is 1. The Balaban J connectivity index is 1.53. The maximum atomic E-state index is 13.9. The normalized spacial score (nSPS) is 20.3. The van der Waals surface area contributed by atoms with E-state index in [-0.39, 0.29) is 23.1 Å². The lowest BCUT2D eigenvalue weighted by molar-refractivity contribution is -0.120. The lowest BCUT2D eigenvalue weighted by atomic mass is 10.2. The number of hydrogen-bond donors (Lipinski definition) is 1. The quantitative estimate of drug-likeness (QED) is 0.667. The van der Waals surface area contributed by atoms with Crippen LogP contribution in [0.15, 0.2) is 29.4 Å². The molecule has 8 nitrogen and oxygen atoms in total. The van der Waals surface area contributed by atoms with Gasteiger partial charge in [0.1, 0.15) is 5.82 Å². The van der Waals surface area contributed by atoms with Crippen molar-refractivity contribution in [3.8, 4) is 5.69 Å². The highest BCUT2D eigenvalue weighted by Crippen LogP contribution is 2.30. The van der Waals surface area contributed by atoms with Gasteiger partial charge in [0.15, 0.2) is 5.16 Å². The molecule has 2 aliphatic heterocycles. The molecule has 1 aromatic heterocycles. The number of rotatable bonds is 7. The summed E-state index contributed by atoms with van der Waals surface area (Å²) in [6.45, 7) is 5.64. The van der Waals surface area contributed by atoms with E-state index in [4.69, 9.17) is 9.47 Å². The third-order valence-corrected chi connectivity index (χ3v) is 6.20. The third kappa shape index (κ3) is 4.93. The zero-order valence-corrected chi connectivity index (χ0v) is 17.7.